The molecule has 0 aromatic carbocycles. The molecule has 0 saturated carbocycles. The van der Waals surface area contributed by atoms with Gasteiger partial charge in [-0.15, -0.1) is 0 Å². The smallest absolute Gasteiger partial charge is 0.211 e. The minimum atomic E-state index is -3.09. The van der Waals surface area contributed by atoms with Crippen LogP contribution >= 0.6 is 0 Å². The van der Waals surface area contributed by atoms with Crippen LogP contribution in [0.1, 0.15) is 39.0 Å². The van der Waals surface area contributed by atoms with Crippen LogP contribution < -0.4 is 0 Å². The van der Waals surface area contributed by atoms with Crippen molar-refractivity contribution in [2.24, 2.45) is 5.92 Å². The lowest BCUT2D eigenvalue weighted by Crippen LogP contribution is -2.40. The van der Waals surface area contributed by atoms with Gasteiger partial charge in [-0.2, -0.15) is 0 Å². The molecule has 1 saturated heterocycles. The molecule has 1 aliphatic rings. The highest BCUT2D eigenvalue weighted by molar-refractivity contribution is 7.88. The summed E-state index contributed by atoms with van der Waals surface area (Å²) < 4.78 is 29.8. The van der Waals surface area contributed by atoms with Crippen molar-refractivity contribution >= 4 is 10.0 Å². The van der Waals surface area contributed by atoms with Gasteiger partial charge in [-0.1, -0.05) is 0 Å². The minimum absolute atomic E-state index is 0.283. The Hall–Kier alpha value is -0.170. The Bertz CT molecular complexity index is 345. The maximum atomic E-state index is 11.5. The predicted molar refractivity (Wildman–Crippen MR) is 75.5 cm³/mol. The topological polar surface area (TPSA) is 66.8 Å². The molecule has 1 aliphatic heterocycles. The fourth-order valence-electron chi connectivity index (χ4n) is 2.59. The molecule has 2 unspecified atom stereocenters. The number of hydrogen-bond acceptors (Lipinski definition) is 4. The molecule has 0 radical (unpaired) electrons. The van der Waals surface area contributed by atoms with Crippen molar-refractivity contribution in [3.05, 3.63) is 0 Å². The molecule has 0 aromatic heterocycles. The summed E-state index contributed by atoms with van der Waals surface area (Å²) in [5.74, 6) is 0.283. The van der Waals surface area contributed by atoms with Crippen molar-refractivity contribution in [1.29, 1.82) is 0 Å². The second-order valence-electron chi connectivity index (χ2n) is 5.36. The van der Waals surface area contributed by atoms with E-state index in [2.05, 4.69) is 0 Å². The molecule has 2 atom stereocenters. The van der Waals surface area contributed by atoms with E-state index in [1.807, 2.05) is 6.92 Å². The van der Waals surface area contributed by atoms with Crippen molar-refractivity contribution < 1.29 is 18.3 Å². The van der Waals surface area contributed by atoms with Gasteiger partial charge in [0.15, 0.2) is 0 Å². The van der Waals surface area contributed by atoms with Crippen molar-refractivity contribution in [1.82, 2.24) is 4.31 Å². The quantitative estimate of drug-likeness (QED) is 0.683. The van der Waals surface area contributed by atoms with Crippen LogP contribution in [0, 0.1) is 5.92 Å². The number of rotatable bonds is 8. The normalized spacial score (nSPS) is 23.4. The van der Waals surface area contributed by atoms with Crippen LogP contribution in [-0.2, 0) is 14.8 Å². The zero-order chi connectivity index (χ0) is 14.3. The van der Waals surface area contributed by atoms with E-state index in [0.29, 0.717) is 32.7 Å². The lowest BCUT2D eigenvalue weighted by atomic mass is 9.92. The molecular formula is C13H27NO4S. The molecular weight excluding hydrogens is 266 g/mol. The Morgan fingerprint density at radius 3 is 2.84 bits per heavy atom. The first kappa shape index (κ1) is 16.9. The van der Waals surface area contributed by atoms with Gasteiger partial charge in [-0.3, -0.25) is 0 Å². The molecule has 0 bridgehead atoms. The van der Waals surface area contributed by atoms with Crippen LogP contribution in [0.3, 0.4) is 0 Å². The second kappa shape index (κ2) is 8.19. The number of sulfonamides is 1. The summed E-state index contributed by atoms with van der Waals surface area (Å²) in [5.41, 5.74) is 0. The Morgan fingerprint density at radius 2 is 2.21 bits per heavy atom. The third-order valence-electron chi connectivity index (χ3n) is 3.59. The van der Waals surface area contributed by atoms with E-state index in [-0.39, 0.29) is 12.0 Å². The van der Waals surface area contributed by atoms with E-state index < -0.39 is 10.0 Å². The summed E-state index contributed by atoms with van der Waals surface area (Å²) in [6, 6.07) is 0. The lowest BCUT2D eigenvalue weighted by Gasteiger charge is -2.32. The van der Waals surface area contributed by atoms with Gasteiger partial charge in [0.25, 0.3) is 0 Å². The van der Waals surface area contributed by atoms with Crippen LogP contribution in [0.25, 0.3) is 0 Å². The Balaban J connectivity index is 2.28. The summed E-state index contributed by atoms with van der Waals surface area (Å²) in [7, 11) is -3.09. The predicted octanol–water partition coefficient (Wildman–Crippen LogP) is 1.23. The van der Waals surface area contributed by atoms with Gasteiger partial charge in [-0.05, 0) is 44.9 Å². The largest absolute Gasteiger partial charge is 0.393 e. The highest BCUT2D eigenvalue weighted by Gasteiger charge is 2.27. The zero-order valence-electron chi connectivity index (χ0n) is 12.0. The van der Waals surface area contributed by atoms with Gasteiger partial charge < -0.3 is 9.84 Å². The first-order chi connectivity index (χ1) is 8.93. The van der Waals surface area contributed by atoms with Gasteiger partial charge >= 0.3 is 0 Å². The average molecular weight is 293 g/mol. The Kier molecular flexibility index (Phi) is 7.28. The molecule has 0 aromatic rings. The first-order valence-electron chi connectivity index (χ1n) is 7.14. The Labute approximate surface area is 117 Å². The summed E-state index contributed by atoms with van der Waals surface area (Å²) in [4.78, 5) is 0. The van der Waals surface area contributed by atoms with Crippen molar-refractivity contribution in [2.75, 3.05) is 32.6 Å². The fourth-order valence-corrected chi connectivity index (χ4v) is 3.53. The average Bonchev–Trinajstić information content (AvgIpc) is 2.34. The molecule has 1 rings (SSSR count). The van der Waals surface area contributed by atoms with Crippen molar-refractivity contribution in [3.8, 4) is 0 Å². The third kappa shape index (κ3) is 6.70. The number of aliphatic hydroxyl groups is 1. The first-order valence-corrected chi connectivity index (χ1v) is 8.99. The van der Waals surface area contributed by atoms with Gasteiger partial charge in [0.05, 0.1) is 12.4 Å². The highest BCUT2D eigenvalue weighted by atomic mass is 32.2. The lowest BCUT2D eigenvalue weighted by molar-refractivity contribution is 0.0912. The van der Waals surface area contributed by atoms with E-state index in [9.17, 15) is 13.5 Å². The van der Waals surface area contributed by atoms with Crippen LogP contribution in [0.5, 0.6) is 0 Å². The summed E-state index contributed by atoms with van der Waals surface area (Å²) in [5, 5.41) is 9.97. The van der Waals surface area contributed by atoms with Crippen LogP contribution in [0.4, 0.5) is 0 Å². The number of piperidine rings is 1. The van der Waals surface area contributed by atoms with Crippen LogP contribution in [-0.4, -0.2) is 56.5 Å². The van der Waals surface area contributed by atoms with Crippen molar-refractivity contribution in [3.63, 3.8) is 0 Å². The number of nitrogens with zero attached hydrogens (tertiary/aromatic N) is 1. The molecule has 1 heterocycles. The Morgan fingerprint density at radius 1 is 1.47 bits per heavy atom. The zero-order valence-corrected chi connectivity index (χ0v) is 12.9. The minimum Gasteiger partial charge on any atom is -0.393 e. The van der Waals surface area contributed by atoms with Gasteiger partial charge in [0, 0.05) is 26.3 Å². The van der Waals surface area contributed by atoms with E-state index in [0.717, 1.165) is 25.7 Å². The molecule has 1 N–H and O–H groups in total. The molecule has 19 heavy (non-hydrogen) atoms. The molecule has 0 amide bonds. The maximum absolute atomic E-state index is 11.5. The molecule has 5 nitrogen and oxygen atoms in total. The number of hydrogen-bond donors (Lipinski definition) is 1. The molecule has 0 aliphatic carbocycles. The number of ether oxygens (including phenoxy) is 1. The molecule has 1 fully saturated rings. The molecule has 0 spiro atoms. The summed E-state index contributed by atoms with van der Waals surface area (Å²) in [6.45, 7) is 4.53. The maximum Gasteiger partial charge on any atom is 0.211 e. The standard InChI is InChI=1S/C13H27NO4S/c1-3-18-9-5-7-13(15)10-12-6-4-8-14(11-12)19(2,16)17/h12-13,15H,3-11H2,1-2H3. The van der Waals surface area contributed by atoms with Gasteiger partial charge in [0.1, 0.15) is 0 Å². The van der Waals surface area contributed by atoms with Crippen molar-refractivity contribution in [2.45, 2.75) is 45.1 Å². The van der Waals surface area contributed by atoms with E-state index in [1.165, 1.54) is 10.6 Å². The summed E-state index contributed by atoms with van der Waals surface area (Å²) >= 11 is 0. The van der Waals surface area contributed by atoms with E-state index in [1.54, 1.807) is 0 Å². The second-order valence-corrected chi connectivity index (χ2v) is 7.34. The van der Waals surface area contributed by atoms with Crippen LogP contribution in [0.15, 0.2) is 0 Å². The molecule has 6 heteroatoms. The van der Waals surface area contributed by atoms with E-state index >= 15 is 0 Å². The monoisotopic (exact) mass is 293 g/mol. The number of aliphatic hydroxyl groups excluding tert-OH is 1. The highest BCUT2D eigenvalue weighted by Crippen LogP contribution is 2.23. The third-order valence-corrected chi connectivity index (χ3v) is 4.86. The van der Waals surface area contributed by atoms with Crippen LogP contribution in [0.2, 0.25) is 0 Å². The van der Waals surface area contributed by atoms with Gasteiger partial charge in [0.2, 0.25) is 10.0 Å². The fraction of sp³-hybridized carbons (Fsp3) is 1.00. The SMILES string of the molecule is CCOCCCC(O)CC1CCCN(S(C)(=O)=O)C1. The van der Waals surface area contributed by atoms with Gasteiger partial charge in [-0.25, -0.2) is 12.7 Å². The summed E-state index contributed by atoms with van der Waals surface area (Å²) in [6.07, 6.45) is 5.10. The molecule has 114 valence electrons. The van der Waals surface area contributed by atoms with E-state index in [4.69, 9.17) is 4.74 Å².